The number of fused-ring (bicyclic) bond motifs is 1. The molecule has 0 saturated carbocycles. The molecule has 0 spiro atoms. The van der Waals surface area contributed by atoms with Gasteiger partial charge in [0.05, 0.1) is 22.1 Å². The van der Waals surface area contributed by atoms with Gasteiger partial charge in [-0.25, -0.2) is 4.98 Å². The Balaban J connectivity index is 1.79. The van der Waals surface area contributed by atoms with E-state index < -0.39 is 0 Å². The molecule has 0 aliphatic heterocycles. The minimum Gasteiger partial charge on any atom is -0.305 e. The Morgan fingerprint density at radius 2 is 2.15 bits per heavy atom. The van der Waals surface area contributed by atoms with Gasteiger partial charge in [0.2, 0.25) is 0 Å². The predicted octanol–water partition coefficient (Wildman–Crippen LogP) is 5.32. The lowest BCUT2D eigenvalue weighted by Gasteiger charge is -2.01. The van der Waals surface area contributed by atoms with Gasteiger partial charge in [0.1, 0.15) is 4.83 Å². The normalized spacial score (nSPS) is 11.6. The number of hydrogen-bond donors (Lipinski definition) is 1. The molecule has 0 amide bonds. The number of aromatic amines is 1. The topological polar surface area (TPSA) is 69.5 Å². The summed E-state index contributed by atoms with van der Waals surface area (Å²) in [5.41, 5.74) is 1.98. The second-order valence-corrected chi connectivity index (χ2v) is 7.66. The van der Waals surface area contributed by atoms with Crippen molar-refractivity contribution in [3.8, 4) is 16.5 Å². The van der Waals surface area contributed by atoms with E-state index in [0.29, 0.717) is 26.6 Å². The number of thiophene rings is 2. The van der Waals surface area contributed by atoms with Crippen molar-refractivity contribution in [3.05, 3.63) is 74.5 Å². The van der Waals surface area contributed by atoms with Crippen LogP contribution in [0.15, 0.2) is 52.0 Å². The Bertz CT molecular complexity index is 1230. The molecule has 0 aliphatic rings. The molecule has 3 heterocycles. The van der Waals surface area contributed by atoms with E-state index in [2.05, 4.69) is 16.0 Å². The summed E-state index contributed by atoms with van der Waals surface area (Å²) in [5, 5.41) is 13.8. The maximum absolute atomic E-state index is 12.6. The maximum atomic E-state index is 12.6. The third-order valence-electron chi connectivity index (χ3n) is 3.77. The van der Waals surface area contributed by atoms with Crippen LogP contribution >= 0.6 is 34.3 Å². The fraction of sp³-hybridized carbons (Fsp3) is 0. The van der Waals surface area contributed by atoms with E-state index in [4.69, 9.17) is 16.9 Å². The number of nitrogens with zero attached hydrogens (tertiary/aromatic N) is 2. The zero-order valence-corrected chi connectivity index (χ0v) is 15.6. The lowest BCUT2D eigenvalue weighted by molar-refractivity contribution is 1.14. The fourth-order valence-corrected chi connectivity index (χ4v) is 4.57. The average molecular weight is 396 g/mol. The van der Waals surface area contributed by atoms with E-state index in [1.54, 1.807) is 35.6 Å². The molecule has 4 nitrogen and oxygen atoms in total. The number of aromatic nitrogens is 2. The van der Waals surface area contributed by atoms with Crippen molar-refractivity contribution in [1.82, 2.24) is 9.97 Å². The van der Waals surface area contributed by atoms with Crippen LogP contribution in [0.4, 0.5) is 0 Å². The van der Waals surface area contributed by atoms with Crippen LogP contribution in [0, 0.1) is 11.3 Å². The first-order valence-electron chi connectivity index (χ1n) is 7.59. The van der Waals surface area contributed by atoms with E-state index in [0.717, 1.165) is 16.0 Å². The number of nitrogens with one attached hydrogen (secondary N) is 1. The summed E-state index contributed by atoms with van der Waals surface area (Å²) < 4.78 is 0. The monoisotopic (exact) mass is 395 g/mol. The molecule has 126 valence electrons. The first-order chi connectivity index (χ1) is 12.7. The molecule has 1 aromatic carbocycles. The predicted molar refractivity (Wildman–Crippen MR) is 108 cm³/mol. The van der Waals surface area contributed by atoms with Crippen LogP contribution in [0.2, 0.25) is 0 Å². The van der Waals surface area contributed by atoms with E-state index in [9.17, 15) is 4.79 Å². The highest BCUT2D eigenvalue weighted by Crippen LogP contribution is 2.34. The molecule has 0 atom stereocenters. The number of H-pyrrole nitrogens is 1. The molecular formula is C19H10ClN3OS2. The van der Waals surface area contributed by atoms with E-state index in [1.807, 2.05) is 29.0 Å². The molecule has 0 bridgehead atoms. The molecule has 0 fully saturated rings. The standard InChI is InChI=1S/C19H10ClN3OS2/c20-14(8-11-3-1-4-12(7-11)9-21)17-22-18(24)16-13(10-26-19(16)23-17)15-5-2-6-25-15/h1-8,10H,(H,22,23,24)/b14-8+. The van der Waals surface area contributed by atoms with Crippen molar-refractivity contribution in [1.29, 1.82) is 5.26 Å². The van der Waals surface area contributed by atoms with Gasteiger partial charge in [-0.05, 0) is 35.2 Å². The number of rotatable bonds is 3. The molecule has 4 aromatic rings. The van der Waals surface area contributed by atoms with E-state index in [1.165, 1.54) is 11.3 Å². The van der Waals surface area contributed by atoms with Gasteiger partial charge in [0.25, 0.3) is 5.56 Å². The van der Waals surface area contributed by atoms with Gasteiger partial charge in [-0.15, -0.1) is 22.7 Å². The van der Waals surface area contributed by atoms with Crippen LogP contribution < -0.4 is 5.56 Å². The second kappa shape index (κ2) is 6.89. The number of benzene rings is 1. The first kappa shape index (κ1) is 16.7. The largest absolute Gasteiger partial charge is 0.305 e. The maximum Gasteiger partial charge on any atom is 0.260 e. The first-order valence-corrected chi connectivity index (χ1v) is 9.72. The third-order valence-corrected chi connectivity index (χ3v) is 5.83. The fourth-order valence-electron chi connectivity index (χ4n) is 2.59. The van der Waals surface area contributed by atoms with Crippen LogP contribution in [0.5, 0.6) is 0 Å². The molecule has 26 heavy (non-hydrogen) atoms. The van der Waals surface area contributed by atoms with Crippen molar-refractivity contribution in [2.45, 2.75) is 0 Å². The molecule has 0 unspecified atom stereocenters. The van der Waals surface area contributed by atoms with Gasteiger partial charge in [0, 0.05) is 15.8 Å². The lowest BCUT2D eigenvalue weighted by Crippen LogP contribution is -2.10. The van der Waals surface area contributed by atoms with Gasteiger partial charge in [-0.2, -0.15) is 5.26 Å². The summed E-state index contributed by atoms with van der Waals surface area (Å²) in [5.74, 6) is 0.311. The zero-order valence-electron chi connectivity index (χ0n) is 13.2. The van der Waals surface area contributed by atoms with Crippen LogP contribution in [0.1, 0.15) is 17.0 Å². The van der Waals surface area contributed by atoms with Crippen molar-refractivity contribution >= 4 is 55.6 Å². The smallest absolute Gasteiger partial charge is 0.260 e. The third kappa shape index (κ3) is 3.08. The molecule has 0 aliphatic carbocycles. The number of hydrogen-bond acceptors (Lipinski definition) is 5. The van der Waals surface area contributed by atoms with Crippen molar-refractivity contribution in [2.24, 2.45) is 0 Å². The zero-order chi connectivity index (χ0) is 18.1. The Morgan fingerprint density at radius 3 is 2.92 bits per heavy atom. The molecule has 3 aromatic heterocycles. The Kier molecular flexibility index (Phi) is 4.43. The molecular weight excluding hydrogens is 386 g/mol. The second-order valence-electron chi connectivity index (χ2n) is 5.45. The van der Waals surface area contributed by atoms with Crippen LogP contribution in [0.3, 0.4) is 0 Å². The quantitative estimate of drug-likeness (QED) is 0.510. The summed E-state index contributed by atoms with van der Waals surface area (Å²) in [6.45, 7) is 0. The molecule has 1 N–H and O–H groups in total. The molecule has 0 radical (unpaired) electrons. The Morgan fingerprint density at radius 1 is 1.27 bits per heavy atom. The van der Waals surface area contributed by atoms with Crippen molar-refractivity contribution in [2.75, 3.05) is 0 Å². The van der Waals surface area contributed by atoms with E-state index in [-0.39, 0.29) is 5.56 Å². The van der Waals surface area contributed by atoms with Crippen LogP contribution in [0.25, 0.3) is 31.8 Å². The van der Waals surface area contributed by atoms with Crippen LogP contribution in [-0.4, -0.2) is 9.97 Å². The summed E-state index contributed by atoms with van der Waals surface area (Å²) in [7, 11) is 0. The highest BCUT2D eigenvalue weighted by atomic mass is 35.5. The average Bonchev–Trinajstić information content (AvgIpc) is 3.31. The van der Waals surface area contributed by atoms with Gasteiger partial charge in [-0.3, -0.25) is 4.79 Å². The highest BCUT2D eigenvalue weighted by Gasteiger charge is 2.14. The summed E-state index contributed by atoms with van der Waals surface area (Å²) in [4.78, 5) is 21.6. The molecule has 7 heteroatoms. The summed E-state index contributed by atoms with van der Waals surface area (Å²) >= 11 is 9.37. The minimum absolute atomic E-state index is 0.216. The Hall–Kier alpha value is -2.72. The van der Waals surface area contributed by atoms with Crippen LogP contribution in [-0.2, 0) is 0 Å². The molecule has 4 rings (SSSR count). The van der Waals surface area contributed by atoms with Crippen molar-refractivity contribution in [3.63, 3.8) is 0 Å². The van der Waals surface area contributed by atoms with Gasteiger partial charge >= 0.3 is 0 Å². The lowest BCUT2D eigenvalue weighted by atomic mass is 10.1. The van der Waals surface area contributed by atoms with Gasteiger partial charge < -0.3 is 4.98 Å². The van der Waals surface area contributed by atoms with Gasteiger partial charge in [0.15, 0.2) is 5.82 Å². The van der Waals surface area contributed by atoms with Crippen molar-refractivity contribution < 1.29 is 0 Å². The number of halogens is 1. The highest BCUT2D eigenvalue weighted by molar-refractivity contribution is 7.18. The summed E-state index contributed by atoms with van der Waals surface area (Å²) in [6.07, 6.45) is 1.68. The molecule has 0 saturated heterocycles. The van der Waals surface area contributed by atoms with Gasteiger partial charge in [-0.1, -0.05) is 29.8 Å². The SMILES string of the molecule is N#Cc1cccc(/C=C(/Cl)c2nc3scc(-c4cccs4)c3c(=O)[nH]2)c1. The Labute approximate surface area is 161 Å². The minimum atomic E-state index is -0.216. The number of nitriles is 1. The summed E-state index contributed by atoms with van der Waals surface area (Å²) in [6, 6.07) is 13.1. The van der Waals surface area contributed by atoms with E-state index >= 15 is 0 Å².